The topological polar surface area (TPSA) is 102 Å². The minimum atomic E-state index is -1.45. The van der Waals surface area contributed by atoms with Crippen LogP contribution in [0, 0.1) is 11.8 Å². The average Bonchev–Trinajstić information content (AvgIpc) is 3.44. The monoisotopic (exact) mass is 434 g/mol. The van der Waals surface area contributed by atoms with E-state index in [4.69, 9.17) is 11.5 Å². The number of hydrogen-bond acceptors (Lipinski definition) is 5. The van der Waals surface area contributed by atoms with E-state index in [1.54, 1.807) is 19.9 Å². The maximum atomic E-state index is 13.3. The predicted molar refractivity (Wildman–Crippen MR) is 118 cm³/mol. The predicted octanol–water partition coefficient (Wildman–Crippen LogP) is 3.12. The third-order valence-electron chi connectivity index (χ3n) is 5.99. The first kappa shape index (κ1) is 24.5. The summed E-state index contributed by atoms with van der Waals surface area (Å²) >= 11 is 0. The van der Waals surface area contributed by atoms with E-state index in [1.807, 2.05) is 6.92 Å². The van der Waals surface area contributed by atoms with Crippen molar-refractivity contribution < 1.29 is 18.4 Å². The van der Waals surface area contributed by atoms with Crippen LogP contribution in [0.3, 0.4) is 0 Å². The summed E-state index contributed by atoms with van der Waals surface area (Å²) in [7, 11) is 0. The van der Waals surface area contributed by atoms with Crippen molar-refractivity contribution in [3.63, 3.8) is 0 Å². The molecule has 4 N–H and O–H groups in total. The zero-order valence-corrected chi connectivity index (χ0v) is 18.4. The summed E-state index contributed by atoms with van der Waals surface area (Å²) < 4.78 is 25.7. The Morgan fingerprint density at radius 3 is 2.68 bits per heavy atom. The minimum Gasteiger partial charge on any atom is -0.402 e. The molecule has 1 saturated carbocycles. The molecular formula is C23H32F2N4O2. The van der Waals surface area contributed by atoms with Crippen LogP contribution in [0.1, 0.15) is 40.0 Å². The molecule has 4 atom stereocenters. The van der Waals surface area contributed by atoms with Crippen molar-refractivity contribution in [2.45, 2.75) is 52.2 Å². The fraction of sp³-hybridized carbons (Fsp3) is 0.522. The van der Waals surface area contributed by atoms with Crippen LogP contribution in [-0.4, -0.2) is 48.7 Å². The summed E-state index contributed by atoms with van der Waals surface area (Å²) in [5, 5.41) is 0. The zero-order valence-electron chi connectivity index (χ0n) is 18.4. The van der Waals surface area contributed by atoms with E-state index >= 15 is 0 Å². The van der Waals surface area contributed by atoms with Crippen LogP contribution >= 0.6 is 0 Å². The molecule has 2 aliphatic rings. The van der Waals surface area contributed by atoms with E-state index in [-0.39, 0.29) is 42.9 Å². The molecule has 6 nitrogen and oxygen atoms in total. The van der Waals surface area contributed by atoms with Gasteiger partial charge in [0.15, 0.2) is 5.78 Å². The van der Waals surface area contributed by atoms with Crippen LogP contribution in [0.5, 0.6) is 0 Å². The van der Waals surface area contributed by atoms with Crippen LogP contribution in [0.25, 0.3) is 0 Å². The first-order chi connectivity index (χ1) is 14.7. The number of aliphatic imine (C=N–C) groups is 1. The lowest BCUT2D eigenvalue weighted by Crippen LogP contribution is -2.39. The molecule has 2 rings (SSSR count). The van der Waals surface area contributed by atoms with Gasteiger partial charge in [-0.3, -0.25) is 14.6 Å². The number of ketones is 1. The van der Waals surface area contributed by atoms with Gasteiger partial charge in [0.1, 0.15) is 12.8 Å². The van der Waals surface area contributed by atoms with Crippen molar-refractivity contribution in [1.82, 2.24) is 4.90 Å². The lowest BCUT2D eigenvalue weighted by atomic mass is 10.1. The highest BCUT2D eigenvalue weighted by molar-refractivity contribution is 6.11. The number of nitrogens with zero attached hydrogens (tertiary/aromatic N) is 2. The highest BCUT2D eigenvalue weighted by atomic mass is 19.2. The van der Waals surface area contributed by atoms with E-state index in [9.17, 15) is 18.4 Å². The van der Waals surface area contributed by atoms with Crippen molar-refractivity contribution in [1.29, 1.82) is 0 Å². The molecule has 1 aliphatic carbocycles. The Balaban J connectivity index is 2.15. The molecule has 4 unspecified atom stereocenters. The molecule has 1 fully saturated rings. The van der Waals surface area contributed by atoms with E-state index in [1.165, 1.54) is 17.2 Å². The lowest BCUT2D eigenvalue weighted by molar-refractivity contribution is -0.126. The SMILES string of the molecule is C=N/C=C\C1=C(C(=O)CC)CN(C(C)/C(N)=C/C(C)=C(\N)C2CC2CC(F)CF)C1=O. The maximum Gasteiger partial charge on any atom is 0.255 e. The number of rotatable bonds is 11. The summed E-state index contributed by atoms with van der Waals surface area (Å²) in [6.45, 7) is 7.89. The van der Waals surface area contributed by atoms with Crippen LogP contribution in [0.15, 0.2) is 51.5 Å². The Bertz CT molecular complexity index is 860. The molecule has 0 saturated heterocycles. The molecule has 0 spiro atoms. The number of Topliss-reactive ketones (excluding diaryl/α,β-unsaturated/α-hetero) is 1. The summed E-state index contributed by atoms with van der Waals surface area (Å²) in [6.07, 6.45) is 4.34. The molecule has 1 aliphatic heterocycles. The standard InChI is InChI=1S/C23H32F2N4O2/c1-5-21(30)19-12-29(23(31)17(19)6-7-28-4)14(3)20(26)8-13(2)22(27)18-10-15(18)9-16(25)11-24/h6-8,14-16,18H,4-5,9-12,26-27H2,1-3H3/b7-6-,20-8-,22-13-. The van der Waals surface area contributed by atoms with Gasteiger partial charge in [0.2, 0.25) is 0 Å². The Labute approximate surface area is 182 Å². The van der Waals surface area contributed by atoms with Crippen LogP contribution < -0.4 is 11.5 Å². The van der Waals surface area contributed by atoms with Crippen molar-refractivity contribution in [2.24, 2.45) is 28.3 Å². The Hall–Kier alpha value is -2.77. The highest BCUT2D eigenvalue weighted by Crippen LogP contribution is 2.46. The summed E-state index contributed by atoms with van der Waals surface area (Å²) in [5.74, 6) is -0.324. The van der Waals surface area contributed by atoms with Crippen LogP contribution in [-0.2, 0) is 9.59 Å². The van der Waals surface area contributed by atoms with Gasteiger partial charge in [-0.05, 0) is 57.0 Å². The number of nitrogens with two attached hydrogens (primary N) is 2. The second-order valence-electron chi connectivity index (χ2n) is 8.15. The zero-order chi connectivity index (χ0) is 23.3. The van der Waals surface area contributed by atoms with Crippen LogP contribution in [0.4, 0.5) is 8.78 Å². The van der Waals surface area contributed by atoms with E-state index in [2.05, 4.69) is 11.7 Å². The number of hydrogen-bond donors (Lipinski definition) is 2. The summed E-state index contributed by atoms with van der Waals surface area (Å²) in [6, 6.07) is -0.464. The third-order valence-corrected chi connectivity index (χ3v) is 5.99. The summed E-state index contributed by atoms with van der Waals surface area (Å²) in [4.78, 5) is 30.4. The first-order valence-corrected chi connectivity index (χ1v) is 10.5. The Morgan fingerprint density at radius 2 is 2.10 bits per heavy atom. The molecule has 0 radical (unpaired) electrons. The van der Waals surface area contributed by atoms with Gasteiger partial charge < -0.3 is 16.4 Å². The number of amides is 1. The van der Waals surface area contributed by atoms with Gasteiger partial charge in [-0.25, -0.2) is 8.78 Å². The van der Waals surface area contributed by atoms with Gasteiger partial charge >= 0.3 is 0 Å². The number of carbonyl (C=O) groups is 2. The maximum absolute atomic E-state index is 13.3. The number of carbonyl (C=O) groups excluding carboxylic acids is 2. The summed E-state index contributed by atoms with van der Waals surface area (Å²) in [5.41, 5.74) is 15.0. The average molecular weight is 435 g/mol. The molecule has 1 heterocycles. The number of alkyl halides is 2. The molecule has 170 valence electrons. The van der Waals surface area contributed by atoms with Gasteiger partial charge in [-0.15, -0.1) is 0 Å². The molecule has 1 amide bonds. The molecule has 31 heavy (non-hydrogen) atoms. The second-order valence-corrected chi connectivity index (χ2v) is 8.15. The fourth-order valence-electron chi connectivity index (χ4n) is 3.88. The van der Waals surface area contributed by atoms with E-state index in [0.717, 1.165) is 12.0 Å². The van der Waals surface area contributed by atoms with E-state index in [0.29, 0.717) is 22.5 Å². The lowest BCUT2D eigenvalue weighted by Gasteiger charge is -2.25. The molecule has 0 aromatic carbocycles. The van der Waals surface area contributed by atoms with Crippen molar-refractivity contribution in [3.8, 4) is 0 Å². The third kappa shape index (κ3) is 5.68. The highest BCUT2D eigenvalue weighted by Gasteiger charge is 2.41. The number of allylic oxidation sites excluding steroid dienone is 3. The first-order valence-electron chi connectivity index (χ1n) is 10.5. The van der Waals surface area contributed by atoms with Crippen LogP contribution in [0.2, 0.25) is 0 Å². The van der Waals surface area contributed by atoms with Crippen molar-refractivity contribution in [2.75, 3.05) is 13.2 Å². The largest absolute Gasteiger partial charge is 0.402 e. The fourth-order valence-corrected chi connectivity index (χ4v) is 3.88. The Kier molecular flexibility index (Phi) is 8.30. The normalized spacial score (nSPS) is 24.5. The van der Waals surface area contributed by atoms with Gasteiger partial charge in [-0.2, -0.15) is 0 Å². The quantitative estimate of drug-likeness (QED) is 0.385. The van der Waals surface area contributed by atoms with Crippen molar-refractivity contribution >= 4 is 18.4 Å². The molecule has 0 aromatic heterocycles. The number of halogens is 2. The molecule has 8 heteroatoms. The Morgan fingerprint density at radius 1 is 1.42 bits per heavy atom. The molecule has 0 bridgehead atoms. The molecular weight excluding hydrogens is 402 g/mol. The van der Waals surface area contributed by atoms with Gasteiger partial charge in [0.25, 0.3) is 5.91 Å². The second kappa shape index (κ2) is 10.5. The van der Waals surface area contributed by atoms with Gasteiger partial charge in [0.05, 0.1) is 12.6 Å². The van der Waals surface area contributed by atoms with Gasteiger partial charge in [-0.1, -0.05) is 6.92 Å². The molecule has 0 aromatic rings. The van der Waals surface area contributed by atoms with Crippen molar-refractivity contribution in [3.05, 3.63) is 46.5 Å². The minimum absolute atomic E-state index is 0.0242. The van der Waals surface area contributed by atoms with E-state index < -0.39 is 18.9 Å². The van der Waals surface area contributed by atoms with Gasteiger partial charge in [0, 0.05) is 41.1 Å². The smallest absolute Gasteiger partial charge is 0.255 e.